The van der Waals surface area contributed by atoms with Crippen LogP contribution in [0.15, 0.2) is 0 Å². The third kappa shape index (κ3) is 3.44. The first-order chi connectivity index (χ1) is 2.81. The molecular weight excluding hydrogens is 179 g/mol. The van der Waals surface area contributed by atoms with Crippen LogP contribution in [-0.2, 0) is 0 Å². The lowest BCUT2D eigenvalue weighted by atomic mass is 10.7. The Kier molecular flexibility index (Phi) is 5.32. The smallest absolute Gasteiger partial charge is 0.187 e. The summed E-state index contributed by atoms with van der Waals surface area (Å²) in [6, 6.07) is 0. The summed E-state index contributed by atoms with van der Waals surface area (Å²) in [7, 11) is 0. The quantitative estimate of drug-likeness (QED) is 0.604. The van der Waals surface area contributed by atoms with E-state index in [2.05, 4.69) is 28.3 Å². The summed E-state index contributed by atoms with van der Waals surface area (Å²) >= 11 is 7.01. The second-order valence-electron chi connectivity index (χ2n) is 0.746. The van der Waals surface area contributed by atoms with E-state index in [9.17, 15) is 0 Å². The van der Waals surface area contributed by atoms with Gasteiger partial charge in [-0.05, 0) is 12.5 Å². The second kappa shape index (κ2) is 4.41. The van der Waals surface area contributed by atoms with Crippen molar-refractivity contribution in [3.05, 3.63) is 0 Å². The van der Waals surface area contributed by atoms with E-state index in [-0.39, 0.29) is 0 Å². The fourth-order valence-corrected chi connectivity index (χ4v) is 0.866. The van der Waals surface area contributed by atoms with E-state index in [1.54, 1.807) is 23.2 Å². The van der Waals surface area contributed by atoms with Crippen LogP contribution >= 0.6 is 39.0 Å². The van der Waals surface area contributed by atoms with Crippen LogP contribution < -0.4 is 0 Å². The summed E-state index contributed by atoms with van der Waals surface area (Å²) < 4.78 is 0.581. The summed E-state index contributed by atoms with van der Waals surface area (Å²) in [5.41, 5.74) is 0. The highest BCUT2D eigenvalue weighted by atomic mass is 79.9. The van der Waals surface area contributed by atoms with Crippen LogP contribution in [0.4, 0.5) is 0 Å². The molecule has 0 aliphatic heterocycles. The van der Waals surface area contributed by atoms with E-state index in [0.29, 0.717) is 4.09 Å². The Morgan fingerprint density at radius 2 is 1.67 bits per heavy atom. The highest BCUT2D eigenvalue weighted by Gasteiger charge is 2.00. The van der Waals surface area contributed by atoms with Crippen LogP contribution in [0.3, 0.4) is 0 Å². The fourth-order valence-electron chi connectivity index (χ4n) is 0.0962. The Balaban J connectivity index is 2.75. The van der Waals surface area contributed by atoms with Gasteiger partial charge in [0.15, 0.2) is 0 Å². The minimum absolute atomic E-state index is 0.581. The van der Waals surface area contributed by atoms with Gasteiger partial charge in [0.1, 0.15) is 0 Å². The molecule has 0 bridgehead atoms. The molecule has 0 aromatic rings. The molecule has 0 aliphatic rings. The Morgan fingerprint density at radius 3 is 1.67 bits per heavy atom. The molecule has 0 nitrogen and oxygen atoms in total. The van der Waals surface area contributed by atoms with Crippen molar-refractivity contribution in [3.8, 4) is 0 Å². The van der Waals surface area contributed by atoms with Gasteiger partial charge < -0.3 is 0 Å². The molecule has 0 rings (SSSR count). The summed E-state index contributed by atoms with van der Waals surface area (Å²) in [6.07, 6.45) is 4.16. The molecule has 4 heteroatoms. The van der Waals surface area contributed by atoms with Crippen LogP contribution in [0, 0.1) is 0 Å². The van der Waals surface area contributed by atoms with Gasteiger partial charge in [-0.15, -0.1) is 15.8 Å². The summed E-state index contributed by atoms with van der Waals surface area (Å²) in [4.78, 5) is 0. The van der Waals surface area contributed by atoms with Crippen molar-refractivity contribution >= 4 is 43.1 Å². The van der Waals surface area contributed by atoms with E-state index < -0.39 is 0 Å². The summed E-state index contributed by atoms with van der Waals surface area (Å²) in [6.45, 7) is 0. The minimum Gasteiger partial charge on any atom is -0.187 e. The van der Waals surface area contributed by atoms with E-state index in [0.717, 1.165) is 0 Å². The molecule has 0 spiro atoms. The van der Waals surface area contributed by atoms with E-state index in [1.807, 2.05) is 0 Å². The van der Waals surface area contributed by atoms with Crippen molar-refractivity contribution in [1.29, 1.82) is 0 Å². The average Bonchev–Trinajstić information content (AvgIpc) is 1.65. The van der Waals surface area contributed by atoms with Gasteiger partial charge in [-0.2, -0.15) is 23.2 Å². The maximum absolute atomic E-state index is 3.40. The van der Waals surface area contributed by atoms with Crippen molar-refractivity contribution in [2.24, 2.45) is 0 Å². The van der Waals surface area contributed by atoms with Crippen LogP contribution in [0.25, 0.3) is 0 Å². The number of hydrogen-bond donors (Lipinski definition) is 0. The largest absolute Gasteiger partial charge is 0.350 e. The van der Waals surface area contributed by atoms with Gasteiger partial charge in [-0.25, -0.2) is 0 Å². The van der Waals surface area contributed by atoms with Crippen molar-refractivity contribution < 1.29 is 0 Å². The fraction of sp³-hybridized carbons (Fsp3) is 1.00. The molecular formula is C2H6BBrS2. The van der Waals surface area contributed by atoms with Crippen LogP contribution in [-0.4, -0.2) is 16.6 Å². The minimum atomic E-state index is 0.581. The predicted molar refractivity (Wildman–Crippen MR) is 41.7 cm³/mol. The first-order valence-electron chi connectivity index (χ1n) is 1.51. The number of halogens is 1. The third-order valence-electron chi connectivity index (χ3n) is 0.371. The Hall–Kier alpha value is 1.24. The van der Waals surface area contributed by atoms with Gasteiger partial charge in [0.2, 0.25) is 0 Å². The Labute approximate surface area is 55.7 Å². The van der Waals surface area contributed by atoms with Gasteiger partial charge >= 0.3 is 4.09 Å². The molecule has 6 heavy (non-hydrogen) atoms. The predicted octanol–water partition coefficient (Wildman–Crippen LogP) is 2.09. The normalized spacial score (nSPS) is 8.50. The van der Waals surface area contributed by atoms with E-state index >= 15 is 0 Å². The standard InChI is InChI=1S/C2H6BBrS2/c1-5-3(4)6-2/h1-2H3. The first kappa shape index (κ1) is 7.24. The molecule has 0 radical (unpaired) electrons. The molecule has 0 fully saturated rings. The van der Waals surface area contributed by atoms with E-state index in [1.165, 1.54) is 0 Å². The SMILES string of the molecule is CSB(Br)SC. The van der Waals surface area contributed by atoms with Crippen molar-refractivity contribution in [2.45, 2.75) is 0 Å². The third-order valence-corrected chi connectivity index (χ3v) is 4.51. The molecule has 0 atom stereocenters. The lowest BCUT2D eigenvalue weighted by Gasteiger charge is -1.90. The highest BCUT2D eigenvalue weighted by Crippen LogP contribution is 2.18. The van der Waals surface area contributed by atoms with Crippen molar-refractivity contribution in [3.63, 3.8) is 0 Å². The van der Waals surface area contributed by atoms with Crippen molar-refractivity contribution in [2.75, 3.05) is 12.5 Å². The average molecular weight is 185 g/mol. The van der Waals surface area contributed by atoms with Crippen LogP contribution in [0.1, 0.15) is 0 Å². The molecule has 0 saturated carbocycles. The monoisotopic (exact) mass is 184 g/mol. The lowest BCUT2D eigenvalue weighted by Crippen LogP contribution is -1.83. The molecule has 0 amide bonds. The molecule has 0 unspecified atom stereocenters. The zero-order valence-electron chi connectivity index (χ0n) is 3.77. The molecule has 0 heterocycles. The van der Waals surface area contributed by atoms with Gasteiger partial charge in [0, 0.05) is 0 Å². The number of hydrogen-bond acceptors (Lipinski definition) is 2. The topological polar surface area (TPSA) is 0 Å². The van der Waals surface area contributed by atoms with Crippen LogP contribution in [0.5, 0.6) is 0 Å². The second-order valence-corrected chi connectivity index (χ2v) is 5.06. The molecule has 36 valence electrons. The maximum Gasteiger partial charge on any atom is 0.350 e. The number of rotatable bonds is 2. The molecule has 0 saturated heterocycles. The van der Waals surface area contributed by atoms with Gasteiger partial charge in [0.05, 0.1) is 0 Å². The lowest BCUT2D eigenvalue weighted by molar-refractivity contribution is 2.53. The Bertz CT molecular complexity index is 30.7. The zero-order chi connectivity index (χ0) is 4.99. The van der Waals surface area contributed by atoms with E-state index in [4.69, 9.17) is 0 Å². The Morgan fingerprint density at radius 1 is 1.33 bits per heavy atom. The molecule has 0 N–H and O–H groups in total. The van der Waals surface area contributed by atoms with Crippen LogP contribution in [0.2, 0.25) is 0 Å². The summed E-state index contributed by atoms with van der Waals surface area (Å²) in [5, 5.41) is 0. The summed E-state index contributed by atoms with van der Waals surface area (Å²) in [5.74, 6) is 0. The van der Waals surface area contributed by atoms with Crippen molar-refractivity contribution in [1.82, 2.24) is 0 Å². The van der Waals surface area contributed by atoms with Gasteiger partial charge in [-0.3, -0.25) is 0 Å². The highest BCUT2D eigenvalue weighted by molar-refractivity contribution is 9.35. The van der Waals surface area contributed by atoms with Gasteiger partial charge in [-0.1, -0.05) is 0 Å². The maximum atomic E-state index is 3.40. The molecule has 0 aliphatic carbocycles. The zero-order valence-corrected chi connectivity index (χ0v) is 6.99. The first-order valence-corrected chi connectivity index (χ1v) is 5.00. The molecule has 0 aromatic heterocycles. The molecule has 0 aromatic carbocycles. The van der Waals surface area contributed by atoms with Gasteiger partial charge in [0.25, 0.3) is 0 Å².